The first-order valence-electron chi connectivity index (χ1n) is 10.5. The number of halogens is 3. The summed E-state index contributed by atoms with van der Waals surface area (Å²) >= 11 is 1.36. The van der Waals surface area contributed by atoms with Crippen molar-refractivity contribution in [2.24, 2.45) is 11.5 Å². The van der Waals surface area contributed by atoms with Gasteiger partial charge in [0.15, 0.2) is 12.4 Å². The Kier molecular flexibility index (Phi) is 7.92. The maximum atomic E-state index is 12.9. The van der Waals surface area contributed by atoms with E-state index in [1.165, 1.54) is 17.8 Å². The molecule has 0 aromatic carbocycles. The Morgan fingerprint density at radius 2 is 1.95 bits per heavy atom. The molecule has 0 aliphatic carbocycles. The molecule has 1 aromatic rings. The molecule has 2 fully saturated rings. The monoisotopic (exact) mass is 543 g/mol. The first-order valence-corrected chi connectivity index (χ1v) is 11.5. The third kappa shape index (κ3) is 5.91. The molecule has 0 unspecified atom stereocenters. The minimum Gasteiger partial charge on any atom is -0.543 e. The van der Waals surface area contributed by atoms with E-state index in [1.54, 1.807) is 34.0 Å². The third-order valence-electron chi connectivity index (χ3n) is 5.44. The topological polar surface area (TPSA) is 191 Å². The number of aromatic nitrogens is 1. The van der Waals surface area contributed by atoms with Crippen LogP contribution in [0.15, 0.2) is 47.4 Å². The number of amides is 3. The van der Waals surface area contributed by atoms with Crippen LogP contribution in [0.25, 0.3) is 0 Å². The van der Waals surface area contributed by atoms with Crippen molar-refractivity contribution in [2.75, 3.05) is 17.2 Å². The molecule has 37 heavy (non-hydrogen) atoms. The maximum Gasteiger partial charge on any atom is 0.490 e. The number of thioether (sulfide) groups is 1. The van der Waals surface area contributed by atoms with Crippen LogP contribution >= 0.6 is 11.8 Å². The number of β-lactam (4-membered cyclic amide) rings is 1. The summed E-state index contributed by atoms with van der Waals surface area (Å²) in [5.41, 5.74) is 12.1. The van der Waals surface area contributed by atoms with Gasteiger partial charge in [0.05, 0.1) is 11.7 Å². The molecule has 4 heterocycles. The molecule has 12 nitrogen and oxygen atoms in total. The van der Waals surface area contributed by atoms with Gasteiger partial charge >= 0.3 is 12.1 Å². The van der Waals surface area contributed by atoms with Gasteiger partial charge in [0, 0.05) is 23.9 Å². The van der Waals surface area contributed by atoms with Gasteiger partial charge in [-0.25, -0.2) is 4.79 Å². The van der Waals surface area contributed by atoms with E-state index in [0.717, 1.165) is 4.90 Å². The van der Waals surface area contributed by atoms with E-state index in [4.69, 9.17) is 21.4 Å². The van der Waals surface area contributed by atoms with E-state index in [9.17, 15) is 37.5 Å². The van der Waals surface area contributed by atoms with Gasteiger partial charge < -0.3 is 31.4 Å². The first-order chi connectivity index (χ1) is 17.2. The molecule has 5 N–H and O–H groups in total. The number of hydrogen-bond acceptors (Lipinski definition) is 8. The van der Waals surface area contributed by atoms with Crippen LogP contribution in [0.4, 0.5) is 18.9 Å². The Labute approximate surface area is 211 Å². The second-order valence-corrected chi connectivity index (χ2v) is 9.08. The highest BCUT2D eigenvalue weighted by molar-refractivity contribution is 8.00. The van der Waals surface area contributed by atoms with Gasteiger partial charge in [0.1, 0.15) is 17.1 Å². The van der Waals surface area contributed by atoms with Gasteiger partial charge in [-0.2, -0.15) is 17.7 Å². The number of alkyl halides is 3. The second kappa shape index (κ2) is 10.6. The molecule has 16 heteroatoms. The van der Waals surface area contributed by atoms with E-state index in [-0.39, 0.29) is 18.1 Å². The lowest BCUT2D eigenvalue weighted by Crippen LogP contribution is -2.69. The fourth-order valence-electron chi connectivity index (χ4n) is 3.79. The van der Waals surface area contributed by atoms with Gasteiger partial charge in [0.25, 0.3) is 11.8 Å². The minimum absolute atomic E-state index is 0.00911. The van der Waals surface area contributed by atoms with Crippen LogP contribution in [0.3, 0.4) is 0 Å². The number of primary amides is 1. The summed E-state index contributed by atoms with van der Waals surface area (Å²) in [5, 5.41) is 18.4. The maximum absolute atomic E-state index is 12.9. The lowest BCUT2D eigenvalue weighted by molar-refractivity contribution is -0.683. The van der Waals surface area contributed by atoms with Crippen LogP contribution in [-0.4, -0.2) is 69.6 Å². The lowest BCUT2D eigenvalue weighted by atomic mass is 10.0. The average molecular weight is 543 g/mol. The molecule has 1 aromatic heterocycles. The molecule has 0 saturated carbocycles. The number of nitrogens with two attached hydrogens (primary N) is 2. The van der Waals surface area contributed by atoms with E-state index in [0.29, 0.717) is 35.6 Å². The first kappa shape index (κ1) is 27.7. The predicted molar refractivity (Wildman–Crippen MR) is 118 cm³/mol. The zero-order valence-corrected chi connectivity index (χ0v) is 19.6. The minimum atomic E-state index is -5.08. The Hall–Kier alpha value is -3.92. The quantitative estimate of drug-likeness (QED) is 0.214. The Balaban J connectivity index is 0.000000479. The fraction of sp³-hybridized carbons (Fsp3) is 0.333. The van der Waals surface area contributed by atoms with Crippen LogP contribution in [0, 0.1) is 0 Å². The number of carboxylic acid groups (broad SMARTS) is 2. The summed E-state index contributed by atoms with van der Waals surface area (Å²) in [5.74, 6) is -5.15. The van der Waals surface area contributed by atoms with Gasteiger partial charge in [-0.1, -0.05) is 0 Å². The molecule has 4 rings (SSSR count). The van der Waals surface area contributed by atoms with E-state index in [2.05, 4.69) is 0 Å². The van der Waals surface area contributed by atoms with Crippen LogP contribution in [0.1, 0.15) is 6.42 Å². The summed E-state index contributed by atoms with van der Waals surface area (Å²) in [6, 6.07) is 2.72. The SMILES string of the molecule is NC(=O)C[n+]1cccc(N2CC/C(=C\C3=C(C(=O)[O-])N4C(=O)[C@@H](N)[C@H]4SC3)C2=O)c1.O=C(O)C(F)(F)F. The van der Waals surface area contributed by atoms with Gasteiger partial charge in [-0.05, 0) is 24.1 Å². The van der Waals surface area contributed by atoms with Crippen molar-refractivity contribution in [3.63, 3.8) is 0 Å². The molecule has 3 aliphatic rings. The number of rotatable bonds is 5. The van der Waals surface area contributed by atoms with E-state index >= 15 is 0 Å². The molecule has 0 bridgehead atoms. The standard InChI is InChI=1S/C19H19N5O5S.C2HF3O2/c20-13(25)8-22-4-1-2-12(7-22)23-5-3-10(16(23)26)6-11-9-30-18-14(21)17(27)24(18)15(11)19(28)29;3-2(4,5)1(6)7/h1-2,4,6-7,14,18H,3,5,8-9,21H2,(H2-,20,25,28,29);(H,6,7)/b10-6+;/t14-,18-;/m1./s1. The van der Waals surface area contributed by atoms with Crippen LogP contribution in [-0.2, 0) is 30.5 Å². The molecule has 3 amide bonds. The Morgan fingerprint density at radius 1 is 1.30 bits per heavy atom. The highest BCUT2D eigenvalue weighted by atomic mass is 32.2. The smallest absolute Gasteiger partial charge is 0.490 e. The van der Waals surface area contributed by atoms with Crippen molar-refractivity contribution in [3.8, 4) is 0 Å². The van der Waals surface area contributed by atoms with Gasteiger partial charge in [-0.15, -0.1) is 11.8 Å². The number of carbonyl (C=O) groups is 5. The Morgan fingerprint density at radius 3 is 2.51 bits per heavy atom. The third-order valence-corrected chi connectivity index (χ3v) is 6.76. The highest BCUT2D eigenvalue weighted by Crippen LogP contribution is 2.40. The number of carboxylic acids is 2. The number of hydrogen-bond donors (Lipinski definition) is 3. The number of fused-ring (bicyclic) bond motifs is 1. The summed E-state index contributed by atoms with van der Waals surface area (Å²) in [6.07, 6.45) is 0.189. The molecular formula is C21H20F3N5O7S. The molecule has 2 atom stereocenters. The predicted octanol–water partition coefficient (Wildman–Crippen LogP) is -2.00. The molecule has 3 aliphatic heterocycles. The average Bonchev–Trinajstić information content (AvgIpc) is 3.17. The number of allylic oxidation sites excluding steroid dienone is 1. The fourth-order valence-corrected chi connectivity index (χ4v) is 5.04. The van der Waals surface area contributed by atoms with E-state index in [1.807, 2.05) is 0 Å². The van der Waals surface area contributed by atoms with Crippen molar-refractivity contribution in [1.82, 2.24) is 4.90 Å². The molecule has 0 radical (unpaired) electrons. The van der Waals surface area contributed by atoms with Crippen molar-refractivity contribution < 1.29 is 51.9 Å². The summed E-state index contributed by atoms with van der Waals surface area (Å²) in [6.45, 7) is 0.396. The molecular weight excluding hydrogens is 523 g/mol. The van der Waals surface area contributed by atoms with Gasteiger partial charge in [0.2, 0.25) is 12.5 Å². The number of anilines is 1. The summed E-state index contributed by atoms with van der Waals surface area (Å²) in [7, 11) is 0. The largest absolute Gasteiger partial charge is 0.543 e. The van der Waals surface area contributed by atoms with Crippen molar-refractivity contribution in [2.45, 2.75) is 30.6 Å². The zero-order chi connectivity index (χ0) is 27.7. The van der Waals surface area contributed by atoms with Crippen molar-refractivity contribution in [3.05, 3.63) is 47.4 Å². The number of pyridine rings is 1. The number of nitrogens with zero attached hydrogens (tertiary/aromatic N) is 3. The molecule has 2 saturated heterocycles. The normalized spacial score (nSPS) is 22.3. The Bertz CT molecular complexity index is 1230. The summed E-state index contributed by atoms with van der Waals surface area (Å²) < 4.78 is 33.3. The van der Waals surface area contributed by atoms with Crippen LogP contribution in [0.2, 0.25) is 0 Å². The number of aliphatic carboxylic acids is 2. The number of carbonyl (C=O) groups excluding carboxylic acids is 4. The van der Waals surface area contributed by atoms with E-state index < -0.39 is 41.3 Å². The molecule has 198 valence electrons. The molecule has 0 spiro atoms. The lowest BCUT2D eigenvalue weighted by Gasteiger charge is -2.49. The van der Waals surface area contributed by atoms with Crippen molar-refractivity contribution >= 4 is 47.1 Å². The zero-order valence-electron chi connectivity index (χ0n) is 18.8. The van der Waals surface area contributed by atoms with Crippen LogP contribution < -0.4 is 26.0 Å². The highest BCUT2D eigenvalue weighted by Gasteiger charge is 2.50. The van der Waals surface area contributed by atoms with Gasteiger partial charge in [-0.3, -0.25) is 19.3 Å². The summed E-state index contributed by atoms with van der Waals surface area (Å²) in [4.78, 5) is 59.4. The van der Waals surface area contributed by atoms with Crippen molar-refractivity contribution in [1.29, 1.82) is 0 Å². The second-order valence-electron chi connectivity index (χ2n) is 7.98. The van der Waals surface area contributed by atoms with Crippen LogP contribution in [0.5, 0.6) is 0 Å².